The van der Waals surface area contributed by atoms with Crippen molar-refractivity contribution < 1.29 is 24.2 Å². The van der Waals surface area contributed by atoms with Gasteiger partial charge in [-0.3, -0.25) is 24.3 Å². The number of hydrogen-bond acceptors (Lipinski definition) is 8. The van der Waals surface area contributed by atoms with Crippen LogP contribution >= 0.6 is 0 Å². The molecule has 1 aromatic heterocycles. The van der Waals surface area contributed by atoms with Gasteiger partial charge in [0.1, 0.15) is 11.9 Å². The van der Waals surface area contributed by atoms with Gasteiger partial charge in [0.15, 0.2) is 0 Å². The molecule has 11 heteroatoms. The number of amides is 3. The van der Waals surface area contributed by atoms with Crippen LogP contribution in [0.25, 0.3) is 0 Å². The van der Waals surface area contributed by atoms with Crippen LogP contribution in [0, 0.1) is 5.92 Å². The fourth-order valence-electron chi connectivity index (χ4n) is 5.69. The van der Waals surface area contributed by atoms with Gasteiger partial charge in [-0.1, -0.05) is 25.5 Å². The SMILES string of the molecule is C[C@H]1CN([C@@H](C)CO)C(=O)Cc2cc(NC(=O)CCCCCC(=O)Nc3ccccc3N)ccc2O[C@@H]1CN(C)Cc1ccncc1. The highest BCUT2D eigenvalue weighted by atomic mass is 16.5. The molecule has 3 atom stereocenters. The van der Waals surface area contributed by atoms with Crippen LogP contribution in [0.15, 0.2) is 67.0 Å². The lowest BCUT2D eigenvalue weighted by molar-refractivity contribution is -0.134. The van der Waals surface area contributed by atoms with E-state index in [1.54, 1.807) is 41.6 Å². The Morgan fingerprint density at radius 1 is 1.06 bits per heavy atom. The Labute approximate surface area is 277 Å². The fourth-order valence-corrected chi connectivity index (χ4v) is 5.69. The molecule has 4 rings (SSSR count). The van der Waals surface area contributed by atoms with Gasteiger partial charge in [-0.05, 0) is 74.8 Å². The summed E-state index contributed by atoms with van der Waals surface area (Å²) in [6.45, 7) is 5.57. The molecule has 0 aliphatic carbocycles. The number of anilines is 3. The Morgan fingerprint density at radius 2 is 1.77 bits per heavy atom. The number of nitrogens with two attached hydrogens (primary N) is 1. The number of carbonyl (C=O) groups is 3. The van der Waals surface area contributed by atoms with E-state index in [4.69, 9.17) is 10.5 Å². The first kappa shape index (κ1) is 35.4. The number of hydrogen-bond donors (Lipinski definition) is 4. The highest BCUT2D eigenvalue weighted by Gasteiger charge is 2.31. The number of benzene rings is 2. The molecule has 0 radical (unpaired) electrons. The van der Waals surface area contributed by atoms with Crippen LogP contribution in [-0.4, -0.2) is 76.5 Å². The molecule has 3 amide bonds. The summed E-state index contributed by atoms with van der Waals surface area (Å²) >= 11 is 0. The van der Waals surface area contributed by atoms with Crippen molar-refractivity contribution in [1.82, 2.24) is 14.8 Å². The summed E-state index contributed by atoms with van der Waals surface area (Å²) in [7, 11) is 2.04. The first-order valence-electron chi connectivity index (χ1n) is 16.3. The molecule has 0 saturated heterocycles. The summed E-state index contributed by atoms with van der Waals surface area (Å²) in [5, 5.41) is 15.7. The first-order chi connectivity index (χ1) is 22.6. The zero-order valence-corrected chi connectivity index (χ0v) is 27.7. The highest BCUT2D eigenvalue weighted by molar-refractivity contribution is 5.94. The van der Waals surface area contributed by atoms with Gasteiger partial charge >= 0.3 is 0 Å². The van der Waals surface area contributed by atoms with E-state index >= 15 is 0 Å². The third-order valence-electron chi connectivity index (χ3n) is 8.44. The molecule has 3 aromatic rings. The summed E-state index contributed by atoms with van der Waals surface area (Å²) in [6, 6.07) is 16.2. The van der Waals surface area contributed by atoms with Crippen LogP contribution in [-0.2, 0) is 27.3 Å². The van der Waals surface area contributed by atoms with E-state index in [-0.39, 0.29) is 48.8 Å². The minimum Gasteiger partial charge on any atom is -0.488 e. The van der Waals surface area contributed by atoms with Crippen LogP contribution in [0.4, 0.5) is 17.1 Å². The number of pyridine rings is 1. The lowest BCUT2D eigenvalue weighted by Gasteiger charge is -2.34. The Morgan fingerprint density at radius 3 is 2.47 bits per heavy atom. The Balaban J connectivity index is 1.36. The molecule has 2 aromatic carbocycles. The van der Waals surface area contributed by atoms with E-state index in [0.29, 0.717) is 67.1 Å². The third kappa shape index (κ3) is 10.8. The minimum atomic E-state index is -0.341. The number of nitrogen functional groups attached to an aromatic ring is 1. The largest absolute Gasteiger partial charge is 0.488 e. The van der Waals surface area contributed by atoms with Gasteiger partial charge in [-0.25, -0.2) is 0 Å². The van der Waals surface area contributed by atoms with Crippen molar-refractivity contribution in [2.75, 3.05) is 43.1 Å². The average molecular weight is 645 g/mol. The van der Waals surface area contributed by atoms with E-state index in [0.717, 1.165) is 18.5 Å². The number of rotatable bonds is 14. The molecule has 5 N–H and O–H groups in total. The van der Waals surface area contributed by atoms with Crippen molar-refractivity contribution in [3.8, 4) is 5.75 Å². The van der Waals surface area contributed by atoms with Gasteiger partial charge in [-0.15, -0.1) is 0 Å². The fraction of sp³-hybridized carbons (Fsp3) is 0.444. The smallest absolute Gasteiger partial charge is 0.227 e. The predicted octanol–water partition coefficient (Wildman–Crippen LogP) is 4.47. The number of aliphatic hydroxyl groups excluding tert-OH is 1. The van der Waals surface area contributed by atoms with Crippen molar-refractivity contribution in [2.24, 2.45) is 5.92 Å². The molecule has 0 bridgehead atoms. The average Bonchev–Trinajstić information content (AvgIpc) is 3.09. The molecular weight excluding hydrogens is 596 g/mol. The molecule has 1 aliphatic rings. The second-order valence-electron chi connectivity index (χ2n) is 12.5. The standard InChI is InChI=1S/C36H48N6O5/c1-25-21-42(26(2)24-43)36(46)20-28-19-29(13-14-32(28)47-33(25)23-41(3)22-27-15-17-38-18-16-27)39-34(44)11-5-4-6-12-35(45)40-31-10-8-7-9-30(31)37/h7-10,13-19,25-26,33,43H,4-6,11-12,20-24,37H2,1-3H3,(H,39,44)(H,40,45)/t25-,26-,33+/m0/s1. The normalized spacial score (nSPS) is 17.1. The van der Waals surface area contributed by atoms with Crippen LogP contribution in [0.3, 0.4) is 0 Å². The number of nitrogens with one attached hydrogen (secondary N) is 2. The lowest BCUT2D eigenvalue weighted by Crippen LogP contribution is -2.47. The molecular formula is C36H48N6O5. The highest BCUT2D eigenvalue weighted by Crippen LogP contribution is 2.29. The Kier molecular flexibility index (Phi) is 13.1. The second-order valence-corrected chi connectivity index (χ2v) is 12.5. The monoisotopic (exact) mass is 644 g/mol. The molecule has 1 aliphatic heterocycles. The van der Waals surface area contributed by atoms with Gasteiger partial charge in [0, 0.05) is 62.0 Å². The second kappa shape index (κ2) is 17.4. The summed E-state index contributed by atoms with van der Waals surface area (Å²) in [5.74, 6) is 0.253. The topological polar surface area (TPSA) is 150 Å². The zero-order chi connectivity index (χ0) is 33.8. The molecule has 0 saturated carbocycles. The summed E-state index contributed by atoms with van der Waals surface area (Å²) < 4.78 is 6.61. The van der Waals surface area contributed by atoms with E-state index in [1.165, 1.54) is 0 Å². The van der Waals surface area contributed by atoms with E-state index in [2.05, 4.69) is 27.4 Å². The summed E-state index contributed by atoms with van der Waals surface area (Å²) in [5.41, 5.74) is 9.42. The number of likely N-dealkylation sites (N-methyl/N-ethyl adjacent to an activating group) is 1. The maximum atomic E-state index is 13.5. The minimum absolute atomic E-state index is 0.0132. The molecule has 2 heterocycles. The molecule has 0 fully saturated rings. The zero-order valence-electron chi connectivity index (χ0n) is 27.7. The number of para-hydroxylation sites is 2. The van der Waals surface area contributed by atoms with E-state index in [1.807, 2.05) is 44.3 Å². The van der Waals surface area contributed by atoms with Crippen LogP contribution in [0.5, 0.6) is 5.75 Å². The van der Waals surface area contributed by atoms with Crippen LogP contribution < -0.4 is 21.1 Å². The number of aromatic nitrogens is 1. The molecule has 47 heavy (non-hydrogen) atoms. The van der Waals surface area contributed by atoms with Crippen molar-refractivity contribution in [3.63, 3.8) is 0 Å². The van der Waals surface area contributed by atoms with Crippen molar-refractivity contribution >= 4 is 34.8 Å². The number of ether oxygens (including phenoxy) is 1. The third-order valence-corrected chi connectivity index (χ3v) is 8.44. The van der Waals surface area contributed by atoms with Crippen molar-refractivity contribution in [1.29, 1.82) is 0 Å². The van der Waals surface area contributed by atoms with Gasteiger partial charge in [0.05, 0.1) is 30.4 Å². The van der Waals surface area contributed by atoms with Crippen LogP contribution in [0.2, 0.25) is 0 Å². The number of aliphatic hydroxyl groups is 1. The Hall–Kier alpha value is -4.48. The van der Waals surface area contributed by atoms with Crippen LogP contribution in [0.1, 0.15) is 57.1 Å². The number of nitrogens with zero attached hydrogens (tertiary/aromatic N) is 3. The van der Waals surface area contributed by atoms with E-state index in [9.17, 15) is 19.5 Å². The van der Waals surface area contributed by atoms with Gasteiger partial charge in [0.2, 0.25) is 17.7 Å². The predicted molar refractivity (Wildman–Crippen MR) is 184 cm³/mol. The molecule has 0 unspecified atom stereocenters. The maximum absolute atomic E-state index is 13.5. The Bertz CT molecular complexity index is 1490. The van der Waals surface area contributed by atoms with Gasteiger partial charge in [0.25, 0.3) is 0 Å². The quantitative estimate of drug-likeness (QED) is 0.148. The number of fused-ring (bicyclic) bond motifs is 1. The number of carbonyl (C=O) groups excluding carboxylic acids is 3. The van der Waals surface area contributed by atoms with Crippen molar-refractivity contribution in [2.45, 2.75) is 71.1 Å². The molecule has 0 spiro atoms. The van der Waals surface area contributed by atoms with Gasteiger partial charge in [-0.2, -0.15) is 0 Å². The summed E-state index contributed by atoms with van der Waals surface area (Å²) in [6.07, 6.45) is 6.10. The summed E-state index contributed by atoms with van der Waals surface area (Å²) in [4.78, 5) is 46.6. The molecule has 252 valence electrons. The first-order valence-corrected chi connectivity index (χ1v) is 16.3. The van der Waals surface area contributed by atoms with Gasteiger partial charge < -0.3 is 31.1 Å². The lowest BCUT2D eigenvalue weighted by atomic mass is 10.0. The molecule has 11 nitrogen and oxygen atoms in total. The van der Waals surface area contributed by atoms with E-state index < -0.39 is 0 Å². The van der Waals surface area contributed by atoms with Crippen molar-refractivity contribution in [3.05, 3.63) is 78.1 Å². The number of unbranched alkanes of at least 4 members (excludes halogenated alkanes) is 2. The maximum Gasteiger partial charge on any atom is 0.227 e.